The Balaban J connectivity index is 1.66. The number of nitrogens with two attached hydrogens (primary N) is 1. The zero-order valence-electron chi connectivity index (χ0n) is 21.4. The maximum atomic E-state index is 14.6. The Labute approximate surface area is 235 Å². The molecule has 2 unspecified atom stereocenters. The fourth-order valence-electron chi connectivity index (χ4n) is 4.24. The maximum Gasteiger partial charge on any atom is 0.219 e. The van der Waals surface area contributed by atoms with Gasteiger partial charge in [-0.05, 0) is 43.4 Å². The Bertz CT molecular complexity index is 1300. The van der Waals surface area contributed by atoms with Crippen molar-refractivity contribution < 1.29 is 19.4 Å². The first kappa shape index (κ1) is 29.1. The fourth-order valence-corrected chi connectivity index (χ4v) is 5.23. The van der Waals surface area contributed by atoms with E-state index in [1.54, 1.807) is 18.3 Å². The van der Waals surface area contributed by atoms with Crippen LogP contribution < -0.4 is 11.1 Å². The first-order chi connectivity index (χ1) is 18.7. The summed E-state index contributed by atoms with van der Waals surface area (Å²) in [4.78, 5) is 20.9. The van der Waals surface area contributed by atoms with E-state index in [1.807, 2.05) is 6.07 Å². The SMILES string of the molecule is CN1CCN(C(CC(N)=O)c2cc(Nc3cc(-c4cc(Cl)ccc4F)nnc3SCC(O)CO)ccn2)CC1. The number of anilines is 2. The normalized spacial score (nSPS) is 16.1. The number of hydrogen-bond donors (Lipinski definition) is 4. The first-order valence-electron chi connectivity index (χ1n) is 12.4. The van der Waals surface area contributed by atoms with Crippen LogP contribution >= 0.6 is 23.4 Å². The van der Waals surface area contributed by atoms with Crippen molar-refractivity contribution in [2.24, 2.45) is 5.73 Å². The number of amides is 1. The highest BCUT2D eigenvalue weighted by molar-refractivity contribution is 7.99. The Morgan fingerprint density at radius 1 is 1.21 bits per heavy atom. The summed E-state index contributed by atoms with van der Waals surface area (Å²) in [6.45, 7) is 2.92. The second-order valence-corrected chi connectivity index (χ2v) is 10.8. The lowest BCUT2D eigenvalue weighted by atomic mass is 10.1. The van der Waals surface area contributed by atoms with Gasteiger partial charge in [-0.1, -0.05) is 23.4 Å². The van der Waals surface area contributed by atoms with Crippen LogP contribution in [0.4, 0.5) is 15.8 Å². The van der Waals surface area contributed by atoms with E-state index in [2.05, 4.69) is 37.3 Å². The number of carbonyl (C=O) groups is 1. The van der Waals surface area contributed by atoms with E-state index >= 15 is 0 Å². The minimum Gasteiger partial charge on any atom is -0.394 e. The molecule has 0 bridgehead atoms. The molecule has 10 nitrogen and oxygen atoms in total. The standard InChI is InChI=1S/C26H31ClFN7O3S/c1-34-6-8-35(9-7-34)24(13-25(29)38)22-11-17(4-5-30-22)31-23-12-21(19-10-16(27)2-3-20(19)28)32-33-26(23)39-15-18(37)14-36/h2-5,10-12,18,24,36-37H,6-9,13-15H2,1H3,(H2,29,38)(H,30,31,32). The van der Waals surface area contributed by atoms with Crippen LogP contribution in [0.25, 0.3) is 11.3 Å². The highest BCUT2D eigenvalue weighted by Crippen LogP contribution is 2.34. The number of rotatable bonds is 11. The number of primary amides is 1. The average molecular weight is 576 g/mol. The van der Waals surface area contributed by atoms with Crippen LogP contribution in [0.2, 0.25) is 5.02 Å². The number of benzene rings is 1. The van der Waals surface area contributed by atoms with Gasteiger partial charge in [0.1, 0.15) is 10.8 Å². The van der Waals surface area contributed by atoms with Crippen LogP contribution in [0.3, 0.4) is 0 Å². The van der Waals surface area contributed by atoms with Crippen LogP contribution in [0.1, 0.15) is 18.2 Å². The third-order valence-electron chi connectivity index (χ3n) is 6.36. The molecule has 1 saturated heterocycles. The number of aromatic nitrogens is 3. The highest BCUT2D eigenvalue weighted by atomic mass is 35.5. The number of thioether (sulfide) groups is 1. The molecule has 1 aliphatic rings. The van der Waals surface area contributed by atoms with Gasteiger partial charge in [-0.2, -0.15) is 0 Å². The van der Waals surface area contributed by atoms with Gasteiger partial charge in [-0.15, -0.1) is 10.2 Å². The molecule has 1 aliphatic heterocycles. The summed E-state index contributed by atoms with van der Waals surface area (Å²) in [6.07, 6.45) is 0.839. The fraction of sp³-hybridized carbons (Fsp3) is 0.385. The lowest BCUT2D eigenvalue weighted by Crippen LogP contribution is -2.46. The third kappa shape index (κ3) is 7.84. The summed E-state index contributed by atoms with van der Waals surface area (Å²) in [5.41, 5.74) is 7.92. The molecule has 208 valence electrons. The molecule has 1 aromatic carbocycles. The number of halogens is 2. The third-order valence-corrected chi connectivity index (χ3v) is 7.72. The van der Waals surface area contributed by atoms with E-state index in [0.29, 0.717) is 27.1 Å². The number of aliphatic hydroxyl groups excluding tert-OH is 2. The molecular weight excluding hydrogens is 545 g/mol. The quantitative estimate of drug-likeness (QED) is 0.252. The highest BCUT2D eigenvalue weighted by Gasteiger charge is 2.27. The molecule has 3 aromatic rings. The minimum atomic E-state index is -0.944. The Kier molecular flexibility index (Phi) is 10.1. The second kappa shape index (κ2) is 13.5. The van der Waals surface area contributed by atoms with E-state index in [1.165, 1.54) is 30.0 Å². The summed E-state index contributed by atoms with van der Waals surface area (Å²) in [7, 11) is 2.06. The van der Waals surface area contributed by atoms with Gasteiger partial charge in [0, 0.05) is 60.8 Å². The summed E-state index contributed by atoms with van der Waals surface area (Å²) in [5, 5.41) is 31.6. The van der Waals surface area contributed by atoms with Crippen molar-refractivity contribution in [2.45, 2.75) is 23.6 Å². The summed E-state index contributed by atoms with van der Waals surface area (Å²) < 4.78 is 14.6. The number of nitrogens with zero attached hydrogens (tertiary/aromatic N) is 5. The van der Waals surface area contributed by atoms with Crippen LogP contribution in [0, 0.1) is 5.82 Å². The molecule has 13 heteroatoms. The van der Waals surface area contributed by atoms with Crippen LogP contribution in [-0.2, 0) is 4.79 Å². The molecule has 2 aromatic heterocycles. The number of hydrogen-bond acceptors (Lipinski definition) is 10. The molecule has 39 heavy (non-hydrogen) atoms. The van der Waals surface area contributed by atoms with Crippen molar-refractivity contribution in [3.63, 3.8) is 0 Å². The smallest absolute Gasteiger partial charge is 0.219 e. The number of carbonyl (C=O) groups excluding carboxylic acids is 1. The van der Waals surface area contributed by atoms with Gasteiger partial charge >= 0.3 is 0 Å². The van der Waals surface area contributed by atoms with Gasteiger partial charge in [-0.25, -0.2) is 4.39 Å². The molecule has 0 radical (unpaired) electrons. The lowest BCUT2D eigenvalue weighted by Gasteiger charge is -2.37. The average Bonchev–Trinajstić information content (AvgIpc) is 2.92. The van der Waals surface area contributed by atoms with Crippen LogP contribution in [0.5, 0.6) is 0 Å². The van der Waals surface area contributed by atoms with E-state index in [4.69, 9.17) is 17.3 Å². The Morgan fingerprint density at radius 3 is 2.69 bits per heavy atom. The number of nitrogens with one attached hydrogen (secondary N) is 1. The molecule has 0 saturated carbocycles. The molecule has 5 N–H and O–H groups in total. The number of aliphatic hydroxyl groups is 2. The lowest BCUT2D eigenvalue weighted by molar-refractivity contribution is -0.119. The number of piperazine rings is 1. The summed E-state index contributed by atoms with van der Waals surface area (Å²) in [6, 6.07) is 9.18. The minimum absolute atomic E-state index is 0.134. The van der Waals surface area contributed by atoms with Gasteiger partial charge in [0.15, 0.2) is 0 Å². The first-order valence-corrected chi connectivity index (χ1v) is 13.8. The summed E-state index contributed by atoms with van der Waals surface area (Å²) in [5.74, 6) is -0.730. The molecule has 0 spiro atoms. The molecule has 1 amide bonds. The zero-order chi connectivity index (χ0) is 27.9. The van der Waals surface area contributed by atoms with E-state index in [-0.39, 0.29) is 29.5 Å². The maximum absolute atomic E-state index is 14.6. The van der Waals surface area contributed by atoms with Gasteiger partial charge < -0.3 is 26.2 Å². The molecule has 3 heterocycles. The molecule has 4 rings (SSSR count). The van der Waals surface area contributed by atoms with Gasteiger partial charge in [0.25, 0.3) is 0 Å². The van der Waals surface area contributed by atoms with Crippen LogP contribution in [0.15, 0.2) is 47.6 Å². The van der Waals surface area contributed by atoms with E-state index < -0.39 is 24.4 Å². The van der Waals surface area contributed by atoms with Gasteiger partial charge in [0.05, 0.1) is 35.8 Å². The summed E-state index contributed by atoms with van der Waals surface area (Å²) >= 11 is 7.29. The van der Waals surface area contributed by atoms with Crippen molar-refractivity contribution in [1.82, 2.24) is 25.0 Å². The molecule has 2 atom stereocenters. The van der Waals surface area contributed by atoms with Gasteiger partial charge in [0.2, 0.25) is 5.91 Å². The second-order valence-electron chi connectivity index (χ2n) is 9.34. The molecular formula is C26H31ClFN7O3S. The number of pyridine rings is 1. The van der Waals surface area contributed by atoms with E-state index in [9.17, 15) is 19.4 Å². The predicted octanol–water partition coefficient (Wildman–Crippen LogP) is 2.68. The van der Waals surface area contributed by atoms with Crippen molar-refractivity contribution in [3.05, 3.63) is 59.1 Å². The largest absolute Gasteiger partial charge is 0.394 e. The van der Waals surface area contributed by atoms with Crippen molar-refractivity contribution in [3.8, 4) is 11.3 Å². The monoisotopic (exact) mass is 575 g/mol. The van der Waals surface area contributed by atoms with Crippen molar-refractivity contribution in [2.75, 3.05) is 50.9 Å². The van der Waals surface area contributed by atoms with Crippen molar-refractivity contribution in [1.29, 1.82) is 0 Å². The van der Waals surface area contributed by atoms with Crippen LogP contribution in [-0.4, -0.2) is 92.8 Å². The molecule has 0 aliphatic carbocycles. The zero-order valence-corrected chi connectivity index (χ0v) is 23.0. The van der Waals surface area contributed by atoms with Gasteiger partial charge in [-0.3, -0.25) is 14.7 Å². The topological polar surface area (TPSA) is 141 Å². The molecule has 1 fully saturated rings. The predicted molar refractivity (Wildman–Crippen MR) is 149 cm³/mol. The number of likely N-dealkylation sites (N-methyl/N-ethyl adjacent to an activating group) is 1. The Hall–Kier alpha value is -2.87. The van der Waals surface area contributed by atoms with E-state index in [0.717, 1.165) is 26.2 Å². The Morgan fingerprint density at radius 2 is 1.97 bits per heavy atom. The van der Waals surface area contributed by atoms with Crippen molar-refractivity contribution >= 4 is 40.6 Å².